The molecule has 1 amide bonds. The highest BCUT2D eigenvalue weighted by molar-refractivity contribution is 6.09. The number of para-hydroxylation sites is 1. The first-order chi connectivity index (χ1) is 14.2. The number of carbonyl (C=O) groups excluding carboxylic acids is 1. The molecule has 2 N–H and O–H groups in total. The van der Waals surface area contributed by atoms with Crippen LogP contribution in [0.4, 0.5) is 4.39 Å². The first-order valence-corrected chi connectivity index (χ1v) is 8.86. The van der Waals surface area contributed by atoms with E-state index in [4.69, 9.17) is 5.26 Å². The number of nitrogens with one attached hydrogen (secondary N) is 2. The van der Waals surface area contributed by atoms with E-state index in [0.717, 1.165) is 22.0 Å². The van der Waals surface area contributed by atoms with Crippen LogP contribution in [0.5, 0.6) is 0 Å². The lowest BCUT2D eigenvalue weighted by Gasteiger charge is -2.04. The lowest BCUT2D eigenvalue weighted by molar-refractivity contribution is 0.0951. The Morgan fingerprint density at radius 3 is 2.48 bits per heavy atom. The van der Waals surface area contributed by atoms with Gasteiger partial charge in [-0.3, -0.25) is 4.79 Å². The molecule has 29 heavy (non-hydrogen) atoms. The third-order valence-corrected chi connectivity index (χ3v) is 4.49. The van der Waals surface area contributed by atoms with Gasteiger partial charge in [-0.05, 0) is 41.5 Å². The highest BCUT2D eigenvalue weighted by atomic mass is 19.1. The molecular weight excluding hydrogens is 367 g/mol. The van der Waals surface area contributed by atoms with E-state index >= 15 is 0 Å². The fourth-order valence-electron chi connectivity index (χ4n) is 3.09. The number of H-pyrrole nitrogens is 1. The summed E-state index contributed by atoms with van der Waals surface area (Å²) in [6.07, 6.45) is 1.50. The second kappa shape index (κ2) is 7.79. The summed E-state index contributed by atoms with van der Waals surface area (Å²) in [6, 6.07) is 22.4. The quantitative estimate of drug-likeness (QED) is 0.399. The molecule has 0 aliphatic rings. The number of fused-ring (bicyclic) bond motifs is 1. The third kappa shape index (κ3) is 3.75. The molecule has 5 nitrogen and oxygen atoms in total. The van der Waals surface area contributed by atoms with E-state index in [0.29, 0.717) is 16.8 Å². The van der Waals surface area contributed by atoms with Gasteiger partial charge in [0.05, 0.1) is 17.8 Å². The fraction of sp³-hybridized carbons (Fsp3) is 0. The van der Waals surface area contributed by atoms with Gasteiger partial charge in [0.25, 0.3) is 5.91 Å². The molecule has 0 saturated carbocycles. The molecule has 0 unspecified atom stereocenters. The van der Waals surface area contributed by atoms with Gasteiger partial charge >= 0.3 is 0 Å². The summed E-state index contributed by atoms with van der Waals surface area (Å²) in [5.41, 5.74) is 6.37. The minimum Gasteiger partial charge on any atom is -0.350 e. The van der Waals surface area contributed by atoms with Crippen LogP contribution < -0.4 is 5.43 Å². The predicted molar refractivity (Wildman–Crippen MR) is 110 cm³/mol. The van der Waals surface area contributed by atoms with Gasteiger partial charge < -0.3 is 4.98 Å². The summed E-state index contributed by atoms with van der Waals surface area (Å²) in [5, 5.41) is 13.7. The standard InChI is InChI=1S/C23H15FN4O/c24-18-11-9-17(10-12-18)21-19-3-1-2-4-20(19)27-22(21)23(29)28-26-14-16-7-5-15(13-25)6-8-16/h1-12,14,27H,(H,28,29)/b26-14+. The van der Waals surface area contributed by atoms with Crippen molar-refractivity contribution in [2.45, 2.75) is 0 Å². The predicted octanol–water partition coefficient (Wildman–Crippen LogP) is 4.61. The van der Waals surface area contributed by atoms with Crippen LogP contribution in [0.25, 0.3) is 22.0 Å². The number of hydrogen-bond donors (Lipinski definition) is 2. The van der Waals surface area contributed by atoms with E-state index in [2.05, 4.69) is 15.5 Å². The molecule has 0 atom stereocenters. The number of hydrogen-bond acceptors (Lipinski definition) is 3. The Morgan fingerprint density at radius 2 is 1.76 bits per heavy atom. The van der Waals surface area contributed by atoms with Crippen molar-refractivity contribution in [3.63, 3.8) is 0 Å². The van der Waals surface area contributed by atoms with E-state index in [1.807, 2.05) is 30.3 Å². The van der Waals surface area contributed by atoms with Crippen molar-refractivity contribution < 1.29 is 9.18 Å². The van der Waals surface area contributed by atoms with Crippen molar-refractivity contribution >= 4 is 23.0 Å². The molecule has 0 fully saturated rings. The van der Waals surface area contributed by atoms with Gasteiger partial charge in [-0.1, -0.05) is 42.5 Å². The summed E-state index contributed by atoms with van der Waals surface area (Å²) in [7, 11) is 0. The van der Waals surface area contributed by atoms with E-state index in [-0.39, 0.29) is 5.82 Å². The zero-order valence-corrected chi connectivity index (χ0v) is 15.2. The number of halogens is 1. The van der Waals surface area contributed by atoms with Crippen LogP contribution in [0.15, 0.2) is 77.9 Å². The van der Waals surface area contributed by atoms with Crippen LogP contribution in [0, 0.1) is 17.1 Å². The molecule has 0 saturated heterocycles. The number of carbonyl (C=O) groups is 1. The molecule has 3 aromatic carbocycles. The van der Waals surface area contributed by atoms with Crippen molar-refractivity contribution in [2.24, 2.45) is 5.10 Å². The van der Waals surface area contributed by atoms with E-state index in [1.54, 1.807) is 36.4 Å². The summed E-state index contributed by atoms with van der Waals surface area (Å²) < 4.78 is 13.4. The first-order valence-electron chi connectivity index (χ1n) is 8.86. The number of benzene rings is 3. The molecular formula is C23H15FN4O. The Bertz CT molecular complexity index is 1250. The maximum absolute atomic E-state index is 13.4. The van der Waals surface area contributed by atoms with Gasteiger partial charge in [0.1, 0.15) is 11.5 Å². The SMILES string of the molecule is N#Cc1ccc(/C=N/NC(=O)c2[nH]c3ccccc3c2-c2ccc(F)cc2)cc1. The molecule has 140 valence electrons. The maximum atomic E-state index is 13.4. The second-order valence-electron chi connectivity index (χ2n) is 6.36. The topological polar surface area (TPSA) is 81.0 Å². The molecule has 1 aromatic heterocycles. The van der Waals surface area contributed by atoms with Crippen molar-refractivity contribution in [2.75, 3.05) is 0 Å². The molecule has 0 aliphatic carbocycles. The van der Waals surface area contributed by atoms with Crippen molar-refractivity contribution in [3.05, 3.63) is 95.4 Å². The number of amides is 1. The van der Waals surface area contributed by atoms with Gasteiger partial charge in [0.15, 0.2) is 0 Å². The number of nitrogens with zero attached hydrogens (tertiary/aromatic N) is 2. The van der Waals surface area contributed by atoms with Gasteiger partial charge in [0, 0.05) is 16.5 Å². The van der Waals surface area contributed by atoms with Crippen LogP contribution in [0.1, 0.15) is 21.6 Å². The van der Waals surface area contributed by atoms with E-state index in [9.17, 15) is 9.18 Å². The normalized spacial score (nSPS) is 10.9. The zero-order chi connectivity index (χ0) is 20.2. The number of hydrazone groups is 1. The number of rotatable bonds is 4. The Kier molecular flexibility index (Phi) is 4.87. The minimum absolute atomic E-state index is 0.341. The van der Waals surface area contributed by atoms with E-state index in [1.165, 1.54) is 18.3 Å². The van der Waals surface area contributed by atoms with Crippen molar-refractivity contribution in [3.8, 4) is 17.2 Å². The largest absolute Gasteiger partial charge is 0.350 e. The molecule has 4 aromatic rings. The Balaban J connectivity index is 1.65. The molecule has 0 aliphatic heterocycles. The Labute approximate surface area is 166 Å². The molecule has 1 heterocycles. The summed E-state index contributed by atoms with van der Waals surface area (Å²) in [4.78, 5) is 15.9. The fourth-order valence-corrected chi connectivity index (χ4v) is 3.09. The smallest absolute Gasteiger partial charge is 0.288 e. The highest BCUT2D eigenvalue weighted by Crippen LogP contribution is 2.32. The van der Waals surface area contributed by atoms with Crippen molar-refractivity contribution in [1.29, 1.82) is 5.26 Å². The lowest BCUT2D eigenvalue weighted by atomic mass is 10.0. The van der Waals surface area contributed by atoms with Crippen LogP contribution in [-0.2, 0) is 0 Å². The molecule has 0 radical (unpaired) electrons. The average Bonchev–Trinajstić information content (AvgIpc) is 3.14. The van der Waals surface area contributed by atoms with Crippen LogP contribution in [-0.4, -0.2) is 17.1 Å². The average molecular weight is 382 g/mol. The molecule has 6 heteroatoms. The summed E-state index contributed by atoms with van der Waals surface area (Å²) in [6.45, 7) is 0. The van der Waals surface area contributed by atoms with Crippen LogP contribution in [0.3, 0.4) is 0 Å². The summed E-state index contributed by atoms with van der Waals surface area (Å²) >= 11 is 0. The Hall–Kier alpha value is -4.24. The highest BCUT2D eigenvalue weighted by Gasteiger charge is 2.18. The number of aromatic amines is 1. The van der Waals surface area contributed by atoms with E-state index < -0.39 is 5.91 Å². The van der Waals surface area contributed by atoms with Crippen LogP contribution >= 0.6 is 0 Å². The zero-order valence-electron chi connectivity index (χ0n) is 15.2. The molecule has 4 rings (SSSR count). The van der Waals surface area contributed by atoms with Gasteiger partial charge in [-0.25, -0.2) is 9.82 Å². The van der Waals surface area contributed by atoms with Gasteiger partial charge in [-0.15, -0.1) is 0 Å². The molecule has 0 bridgehead atoms. The monoisotopic (exact) mass is 382 g/mol. The summed E-state index contributed by atoms with van der Waals surface area (Å²) in [5.74, 6) is -0.753. The third-order valence-electron chi connectivity index (χ3n) is 4.49. The van der Waals surface area contributed by atoms with Gasteiger partial charge in [-0.2, -0.15) is 10.4 Å². The minimum atomic E-state index is -0.412. The second-order valence-corrected chi connectivity index (χ2v) is 6.36. The maximum Gasteiger partial charge on any atom is 0.288 e. The number of aromatic nitrogens is 1. The first kappa shape index (κ1) is 18.1. The number of nitriles is 1. The Morgan fingerprint density at radius 1 is 1.03 bits per heavy atom. The molecule has 0 spiro atoms. The van der Waals surface area contributed by atoms with Gasteiger partial charge in [0.2, 0.25) is 0 Å². The lowest BCUT2D eigenvalue weighted by Crippen LogP contribution is -2.18. The van der Waals surface area contributed by atoms with Crippen LogP contribution in [0.2, 0.25) is 0 Å². The van der Waals surface area contributed by atoms with Crippen molar-refractivity contribution in [1.82, 2.24) is 10.4 Å².